The van der Waals surface area contributed by atoms with E-state index in [1.54, 1.807) is 0 Å². The van der Waals surface area contributed by atoms with Crippen LogP contribution in [0.25, 0.3) is 82.1 Å². The van der Waals surface area contributed by atoms with E-state index in [0.29, 0.717) is 0 Å². The second kappa shape index (κ2) is 10.5. The van der Waals surface area contributed by atoms with Crippen molar-refractivity contribution in [3.05, 3.63) is 187 Å². The first kappa shape index (κ1) is 27.4. The van der Waals surface area contributed by atoms with Gasteiger partial charge in [0, 0.05) is 49.3 Å². The molecular formula is C47H29NO2. The first-order valence-corrected chi connectivity index (χ1v) is 17.1. The van der Waals surface area contributed by atoms with Gasteiger partial charge in [-0.1, -0.05) is 121 Å². The van der Waals surface area contributed by atoms with Gasteiger partial charge in [-0.2, -0.15) is 0 Å². The van der Waals surface area contributed by atoms with E-state index >= 15 is 0 Å². The summed E-state index contributed by atoms with van der Waals surface area (Å²) in [5.74, 6) is -0.0646. The number of fused-ring (bicyclic) bond motifs is 11. The van der Waals surface area contributed by atoms with Crippen LogP contribution in [0.15, 0.2) is 179 Å². The molecule has 3 heterocycles. The van der Waals surface area contributed by atoms with Crippen LogP contribution in [0.3, 0.4) is 0 Å². The Morgan fingerprint density at radius 3 is 1.56 bits per heavy atom. The molecule has 0 saturated carbocycles. The van der Waals surface area contributed by atoms with Crippen LogP contribution in [0.1, 0.15) is 22.6 Å². The summed E-state index contributed by atoms with van der Waals surface area (Å²) in [4.78, 5) is 0. The first-order valence-electron chi connectivity index (χ1n) is 17.1. The predicted octanol–water partition coefficient (Wildman–Crippen LogP) is 12.9. The van der Waals surface area contributed by atoms with Crippen LogP contribution in [0.4, 0.5) is 0 Å². The topological polar surface area (TPSA) is 31.2 Å². The largest absolute Gasteiger partial charge is 0.456 e. The average molecular weight is 640 g/mol. The maximum Gasteiger partial charge on any atom is 0.135 e. The molecule has 3 nitrogen and oxygen atoms in total. The van der Waals surface area contributed by atoms with E-state index in [9.17, 15) is 0 Å². The van der Waals surface area contributed by atoms with Crippen LogP contribution in [-0.2, 0) is 0 Å². The molecule has 0 spiro atoms. The van der Waals surface area contributed by atoms with E-state index in [1.807, 2.05) is 24.3 Å². The Kier molecular flexibility index (Phi) is 5.73. The van der Waals surface area contributed by atoms with Crippen LogP contribution in [0.5, 0.6) is 0 Å². The fourth-order valence-corrected chi connectivity index (χ4v) is 8.24. The normalized spacial score (nSPS) is 12.2. The van der Waals surface area contributed by atoms with Crippen molar-refractivity contribution in [1.82, 2.24) is 4.57 Å². The van der Waals surface area contributed by atoms with Crippen molar-refractivity contribution >= 4 is 76.5 Å². The summed E-state index contributed by atoms with van der Waals surface area (Å²) in [6, 6.07) is 60.9. The Hall–Kier alpha value is -6.58. The maximum absolute atomic E-state index is 6.42. The number of hydrogen-bond donors (Lipinski definition) is 0. The molecule has 0 radical (unpaired) electrons. The lowest BCUT2D eigenvalue weighted by Gasteiger charge is -2.19. The highest BCUT2D eigenvalue weighted by Crippen LogP contribution is 2.42. The Bertz CT molecular complexity index is 2990. The van der Waals surface area contributed by atoms with E-state index < -0.39 is 0 Å². The molecule has 3 aromatic heterocycles. The molecule has 0 aliphatic rings. The van der Waals surface area contributed by atoms with Gasteiger partial charge in [0.05, 0.1) is 11.0 Å². The predicted molar refractivity (Wildman–Crippen MR) is 207 cm³/mol. The first-order chi connectivity index (χ1) is 24.8. The fraction of sp³-hybridized carbons (Fsp3) is 0.0213. The lowest BCUT2D eigenvalue weighted by Crippen LogP contribution is -2.03. The van der Waals surface area contributed by atoms with Gasteiger partial charge >= 0.3 is 0 Å². The molecule has 11 aromatic rings. The minimum atomic E-state index is -0.0646. The second-order valence-corrected chi connectivity index (χ2v) is 13.3. The third-order valence-corrected chi connectivity index (χ3v) is 10.5. The van der Waals surface area contributed by atoms with E-state index in [2.05, 4.69) is 150 Å². The number of aromatic nitrogens is 1. The Morgan fingerprint density at radius 2 is 0.880 bits per heavy atom. The Morgan fingerprint density at radius 1 is 0.360 bits per heavy atom. The molecule has 0 aliphatic heterocycles. The van der Waals surface area contributed by atoms with E-state index in [1.165, 1.54) is 49.3 Å². The Balaban J connectivity index is 1.19. The summed E-state index contributed by atoms with van der Waals surface area (Å²) in [5, 5.41) is 9.47. The molecule has 0 bridgehead atoms. The van der Waals surface area contributed by atoms with Gasteiger partial charge in [-0.15, -0.1) is 0 Å². The van der Waals surface area contributed by atoms with Gasteiger partial charge in [0.2, 0.25) is 0 Å². The number of benzene rings is 8. The number of rotatable bonds is 4. The molecule has 0 fully saturated rings. The zero-order valence-electron chi connectivity index (χ0n) is 27.0. The molecule has 3 heteroatoms. The summed E-state index contributed by atoms with van der Waals surface area (Å²) in [6.45, 7) is 0. The van der Waals surface area contributed by atoms with Crippen molar-refractivity contribution in [3.8, 4) is 5.69 Å². The summed E-state index contributed by atoms with van der Waals surface area (Å²) in [5.41, 5.74) is 10.7. The molecule has 0 N–H and O–H groups in total. The number of furan rings is 2. The number of hydrogen-bond acceptors (Lipinski definition) is 2. The smallest absolute Gasteiger partial charge is 0.135 e. The van der Waals surface area contributed by atoms with E-state index in [0.717, 1.165) is 49.6 Å². The molecule has 50 heavy (non-hydrogen) atoms. The third-order valence-electron chi connectivity index (χ3n) is 10.5. The van der Waals surface area contributed by atoms with Gasteiger partial charge in [-0.3, -0.25) is 0 Å². The highest BCUT2D eigenvalue weighted by atomic mass is 16.3. The molecule has 234 valence electrons. The van der Waals surface area contributed by atoms with Gasteiger partial charge in [-0.05, 0) is 70.6 Å². The van der Waals surface area contributed by atoms with Crippen molar-refractivity contribution in [3.63, 3.8) is 0 Å². The standard InChI is InChI=1S/C47H29NO2/c1-2-11-33(12-3-1)48-41-25-21-30(26-40(41)39-24-18-29-10-4-5-13-34(29)47(39)48)46(31-19-22-37-35-14-6-8-16-42(35)49-44(37)27-31)32-20-23-38-36-15-7-9-17-43(36)50-45(38)28-32/h1-28,46H. The monoisotopic (exact) mass is 639 g/mol. The molecule has 8 aromatic carbocycles. The molecule has 0 atom stereocenters. The zero-order chi connectivity index (χ0) is 32.8. The minimum Gasteiger partial charge on any atom is -0.456 e. The Labute approximate surface area is 287 Å². The molecular weight excluding hydrogens is 611 g/mol. The SMILES string of the molecule is c1ccc(-n2c3ccc(C(c4ccc5c(c4)oc4ccccc45)c4ccc5c(c4)oc4ccccc45)cc3c3ccc4ccccc4c32)cc1. The van der Waals surface area contributed by atoms with Gasteiger partial charge in [0.1, 0.15) is 22.3 Å². The highest BCUT2D eigenvalue weighted by Gasteiger charge is 2.23. The summed E-state index contributed by atoms with van der Waals surface area (Å²) < 4.78 is 15.3. The molecule has 0 amide bonds. The third kappa shape index (κ3) is 3.98. The summed E-state index contributed by atoms with van der Waals surface area (Å²) in [7, 11) is 0. The van der Waals surface area contributed by atoms with E-state index in [4.69, 9.17) is 8.83 Å². The van der Waals surface area contributed by atoms with Gasteiger partial charge in [0.15, 0.2) is 0 Å². The van der Waals surface area contributed by atoms with Crippen molar-refractivity contribution in [2.24, 2.45) is 0 Å². The molecule has 0 unspecified atom stereocenters. The van der Waals surface area contributed by atoms with Crippen LogP contribution in [-0.4, -0.2) is 4.57 Å². The summed E-state index contributed by atoms with van der Waals surface area (Å²) >= 11 is 0. The van der Waals surface area contributed by atoms with Crippen molar-refractivity contribution in [2.75, 3.05) is 0 Å². The van der Waals surface area contributed by atoms with Crippen molar-refractivity contribution in [1.29, 1.82) is 0 Å². The molecule has 11 rings (SSSR count). The quantitative estimate of drug-likeness (QED) is 0.179. The lowest BCUT2D eigenvalue weighted by atomic mass is 9.84. The number of para-hydroxylation sites is 3. The fourth-order valence-electron chi connectivity index (χ4n) is 8.24. The second-order valence-electron chi connectivity index (χ2n) is 13.3. The van der Waals surface area contributed by atoms with Crippen LogP contribution in [0.2, 0.25) is 0 Å². The molecule has 0 saturated heterocycles. The van der Waals surface area contributed by atoms with Gasteiger partial charge in [-0.25, -0.2) is 0 Å². The van der Waals surface area contributed by atoms with Crippen molar-refractivity contribution < 1.29 is 8.83 Å². The van der Waals surface area contributed by atoms with Crippen LogP contribution in [0, 0.1) is 0 Å². The highest BCUT2D eigenvalue weighted by molar-refractivity contribution is 6.18. The van der Waals surface area contributed by atoms with Crippen LogP contribution >= 0.6 is 0 Å². The van der Waals surface area contributed by atoms with Crippen molar-refractivity contribution in [2.45, 2.75) is 5.92 Å². The average Bonchev–Trinajstić information content (AvgIpc) is 3.84. The summed E-state index contributed by atoms with van der Waals surface area (Å²) in [6.07, 6.45) is 0. The van der Waals surface area contributed by atoms with Crippen LogP contribution < -0.4 is 0 Å². The van der Waals surface area contributed by atoms with E-state index in [-0.39, 0.29) is 5.92 Å². The van der Waals surface area contributed by atoms with Gasteiger partial charge in [0.25, 0.3) is 0 Å². The lowest BCUT2D eigenvalue weighted by molar-refractivity contribution is 0.667. The van der Waals surface area contributed by atoms with Gasteiger partial charge < -0.3 is 13.4 Å². The number of nitrogens with zero attached hydrogens (tertiary/aromatic N) is 1. The zero-order valence-corrected chi connectivity index (χ0v) is 27.0. The maximum atomic E-state index is 6.42. The molecule has 0 aliphatic carbocycles. The minimum absolute atomic E-state index is 0.0646.